The van der Waals surface area contributed by atoms with Crippen molar-refractivity contribution in [2.24, 2.45) is 0 Å². The maximum Gasteiger partial charge on any atom is 0.331 e. The van der Waals surface area contributed by atoms with Crippen LogP contribution in [-0.2, 0) is 15.1 Å². The van der Waals surface area contributed by atoms with Gasteiger partial charge in [-0.3, -0.25) is 0 Å². The maximum absolute atomic E-state index is 12.0. The summed E-state index contributed by atoms with van der Waals surface area (Å²) in [7, 11) is 0. The molecule has 2 aromatic rings. The van der Waals surface area contributed by atoms with Crippen LogP contribution in [-0.4, -0.2) is 17.1 Å². The Morgan fingerprint density at radius 3 is 2.78 bits per heavy atom. The number of ether oxygens (including phenoxy) is 1. The average Bonchev–Trinajstić information content (AvgIpc) is 2.72. The Bertz CT molecular complexity index is 586. The molecular formula is C14H16ClNO2. The first-order chi connectivity index (χ1) is 8.46. The van der Waals surface area contributed by atoms with E-state index in [-0.39, 0.29) is 5.97 Å². The second-order valence-electron chi connectivity index (χ2n) is 4.67. The number of nitrogens with zero attached hydrogens (tertiary/aromatic N) is 1. The lowest BCUT2D eigenvalue weighted by Crippen LogP contribution is -2.36. The van der Waals surface area contributed by atoms with Gasteiger partial charge in [-0.1, -0.05) is 11.6 Å². The predicted molar refractivity (Wildman–Crippen MR) is 72.9 cm³/mol. The molecule has 1 heterocycles. The van der Waals surface area contributed by atoms with E-state index in [1.807, 2.05) is 55.8 Å². The number of fused-ring (bicyclic) bond motifs is 1. The number of hydrogen-bond acceptors (Lipinski definition) is 2. The van der Waals surface area contributed by atoms with Crippen LogP contribution in [0.1, 0.15) is 20.8 Å². The molecular weight excluding hydrogens is 250 g/mol. The van der Waals surface area contributed by atoms with Crippen molar-refractivity contribution in [3.63, 3.8) is 0 Å². The van der Waals surface area contributed by atoms with Crippen LogP contribution in [0, 0.1) is 0 Å². The Labute approximate surface area is 111 Å². The van der Waals surface area contributed by atoms with Gasteiger partial charge in [0.15, 0.2) is 0 Å². The molecule has 0 aliphatic carbocycles. The summed E-state index contributed by atoms with van der Waals surface area (Å²) in [6.45, 7) is 5.88. The minimum Gasteiger partial charge on any atom is -0.464 e. The van der Waals surface area contributed by atoms with Crippen LogP contribution in [0.2, 0.25) is 5.02 Å². The Morgan fingerprint density at radius 1 is 1.39 bits per heavy atom. The first kappa shape index (κ1) is 13.0. The molecule has 4 heteroatoms. The van der Waals surface area contributed by atoms with Gasteiger partial charge in [0.25, 0.3) is 0 Å². The summed E-state index contributed by atoms with van der Waals surface area (Å²) < 4.78 is 7.03. The molecule has 0 bridgehead atoms. The van der Waals surface area contributed by atoms with Crippen molar-refractivity contribution in [3.05, 3.63) is 35.5 Å². The number of rotatable bonds is 3. The molecule has 1 aromatic carbocycles. The number of halogens is 1. The Morgan fingerprint density at radius 2 is 2.11 bits per heavy atom. The largest absolute Gasteiger partial charge is 0.464 e. The molecule has 0 saturated heterocycles. The summed E-state index contributed by atoms with van der Waals surface area (Å²) in [4.78, 5) is 12.0. The molecule has 18 heavy (non-hydrogen) atoms. The zero-order valence-electron chi connectivity index (χ0n) is 10.7. The molecule has 0 fully saturated rings. The molecule has 0 aliphatic heterocycles. The molecule has 0 amide bonds. The fraction of sp³-hybridized carbons (Fsp3) is 0.357. The SMILES string of the molecule is CCOC(=O)C(C)(C)n1ccc2cc(Cl)ccc21. The van der Waals surface area contributed by atoms with Gasteiger partial charge in [-0.05, 0) is 45.0 Å². The summed E-state index contributed by atoms with van der Waals surface area (Å²) in [5.41, 5.74) is 0.239. The highest BCUT2D eigenvalue weighted by Gasteiger charge is 2.31. The van der Waals surface area contributed by atoms with E-state index in [2.05, 4.69) is 0 Å². The molecule has 3 nitrogen and oxygen atoms in total. The zero-order chi connectivity index (χ0) is 13.3. The van der Waals surface area contributed by atoms with E-state index >= 15 is 0 Å². The third kappa shape index (κ3) is 2.10. The monoisotopic (exact) mass is 265 g/mol. The minimum absolute atomic E-state index is 0.238. The maximum atomic E-state index is 12.0. The summed E-state index contributed by atoms with van der Waals surface area (Å²) in [5.74, 6) is -0.238. The van der Waals surface area contributed by atoms with Crippen LogP contribution >= 0.6 is 11.6 Å². The van der Waals surface area contributed by atoms with E-state index in [4.69, 9.17) is 16.3 Å². The molecule has 0 N–H and O–H groups in total. The van der Waals surface area contributed by atoms with Crippen LogP contribution in [0.5, 0.6) is 0 Å². The minimum atomic E-state index is -0.731. The fourth-order valence-electron chi connectivity index (χ4n) is 2.01. The second kappa shape index (κ2) is 4.65. The second-order valence-corrected chi connectivity index (χ2v) is 5.10. The van der Waals surface area contributed by atoms with Gasteiger partial charge in [0.1, 0.15) is 5.54 Å². The summed E-state index contributed by atoms with van der Waals surface area (Å²) in [6, 6.07) is 7.57. The molecule has 0 unspecified atom stereocenters. The van der Waals surface area contributed by atoms with Crippen molar-refractivity contribution < 1.29 is 9.53 Å². The number of aromatic nitrogens is 1. The Balaban J connectivity index is 2.50. The number of carbonyl (C=O) groups is 1. The molecule has 1 aromatic heterocycles. The Kier molecular flexibility index (Phi) is 3.35. The van der Waals surface area contributed by atoms with Crippen LogP contribution in [0.3, 0.4) is 0 Å². The van der Waals surface area contributed by atoms with Gasteiger partial charge in [0, 0.05) is 22.1 Å². The van der Waals surface area contributed by atoms with E-state index in [9.17, 15) is 4.79 Å². The van der Waals surface area contributed by atoms with E-state index in [1.165, 1.54) is 0 Å². The quantitative estimate of drug-likeness (QED) is 0.794. The number of esters is 1. The summed E-state index contributed by atoms with van der Waals surface area (Å²) in [5, 5.41) is 1.70. The van der Waals surface area contributed by atoms with Crippen LogP contribution < -0.4 is 0 Å². The van der Waals surface area contributed by atoms with E-state index in [0.29, 0.717) is 11.6 Å². The predicted octanol–water partition coefficient (Wildman–Crippen LogP) is 3.59. The Hall–Kier alpha value is -1.48. The smallest absolute Gasteiger partial charge is 0.331 e. The van der Waals surface area contributed by atoms with Crippen LogP contribution in [0.25, 0.3) is 10.9 Å². The highest BCUT2D eigenvalue weighted by atomic mass is 35.5. The van der Waals surface area contributed by atoms with Gasteiger partial charge in [0.05, 0.1) is 6.61 Å². The average molecular weight is 266 g/mol. The van der Waals surface area contributed by atoms with E-state index < -0.39 is 5.54 Å². The number of benzene rings is 1. The first-order valence-corrected chi connectivity index (χ1v) is 6.29. The molecule has 96 valence electrons. The highest BCUT2D eigenvalue weighted by Crippen LogP contribution is 2.27. The summed E-state index contributed by atoms with van der Waals surface area (Å²) in [6.07, 6.45) is 1.89. The van der Waals surface area contributed by atoms with Crippen molar-refractivity contribution in [2.45, 2.75) is 26.3 Å². The van der Waals surface area contributed by atoms with E-state index in [1.54, 1.807) is 0 Å². The van der Waals surface area contributed by atoms with Crippen molar-refractivity contribution in [1.29, 1.82) is 0 Å². The van der Waals surface area contributed by atoms with Gasteiger partial charge < -0.3 is 9.30 Å². The molecule has 2 rings (SSSR count). The van der Waals surface area contributed by atoms with Crippen molar-refractivity contribution in [2.75, 3.05) is 6.61 Å². The number of carbonyl (C=O) groups excluding carboxylic acids is 1. The topological polar surface area (TPSA) is 31.2 Å². The fourth-order valence-corrected chi connectivity index (χ4v) is 2.19. The lowest BCUT2D eigenvalue weighted by atomic mass is 10.1. The van der Waals surface area contributed by atoms with Gasteiger partial charge in [-0.15, -0.1) is 0 Å². The van der Waals surface area contributed by atoms with Gasteiger partial charge in [-0.25, -0.2) is 4.79 Å². The summed E-state index contributed by atoms with van der Waals surface area (Å²) >= 11 is 5.95. The standard InChI is InChI=1S/C14H16ClNO2/c1-4-18-13(17)14(2,3)16-8-7-10-9-11(15)5-6-12(10)16/h5-9H,4H2,1-3H3. The molecule has 0 saturated carbocycles. The normalized spacial score (nSPS) is 11.8. The van der Waals surface area contributed by atoms with Crippen molar-refractivity contribution in [3.8, 4) is 0 Å². The molecule has 0 radical (unpaired) electrons. The molecule has 0 aliphatic rings. The third-order valence-corrected chi connectivity index (χ3v) is 3.26. The lowest BCUT2D eigenvalue weighted by molar-refractivity contribution is -0.151. The van der Waals surface area contributed by atoms with Gasteiger partial charge in [-0.2, -0.15) is 0 Å². The van der Waals surface area contributed by atoms with Crippen molar-refractivity contribution >= 4 is 28.5 Å². The highest BCUT2D eigenvalue weighted by molar-refractivity contribution is 6.31. The van der Waals surface area contributed by atoms with Gasteiger partial charge >= 0.3 is 5.97 Å². The van der Waals surface area contributed by atoms with Crippen LogP contribution in [0.15, 0.2) is 30.5 Å². The number of hydrogen-bond donors (Lipinski definition) is 0. The van der Waals surface area contributed by atoms with Crippen molar-refractivity contribution in [1.82, 2.24) is 4.57 Å². The molecule has 0 spiro atoms. The zero-order valence-corrected chi connectivity index (χ0v) is 11.5. The van der Waals surface area contributed by atoms with E-state index in [0.717, 1.165) is 10.9 Å². The van der Waals surface area contributed by atoms with Gasteiger partial charge in [0.2, 0.25) is 0 Å². The van der Waals surface area contributed by atoms with Crippen LogP contribution in [0.4, 0.5) is 0 Å². The third-order valence-electron chi connectivity index (χ3n) is 3.03. The lowest BCUT2D eigenvalue weighted by Gasteiger charge is -2.25. The molecule has 0 atom stereocenters. The first-order valence-electron chi connectivity index (χ1n) is 5.91.